The third-order valence-electron chi connectivity index (χ3n) is 1.99. The van der Waals surface area contributed by atoms with E-state index in [4.69, 9.17) is 5.73 Å². The van der Waals surface area contributed by atoms with Gasteiger partial charge in [0.2, 0.25) is 0 Å². The maximum absolute atomic E-state index is 12.9. The second-order valence-corrected chi connectivity index (χ2v) is 2.94. The Kier molecular flexibility index (Phi) is 3.71. The Hall–Kier alpha value is -1.09. The molecular formula is C10H15FN2. The van der Waals surface area contributed by atoms with Crippen molar-refractivity contribution < 1.29 is 4.39 Å². The van der Waals surface area contributed by atoms with E-state index in [-0.39, 0.29) is 5.82 Å². The Morgan fingerprint density at radius 2 is 2.23 bits per heavy atom. The van der Waals surface area contributed by atoms with Crippen molar-refractivity contribution in [3.63, 3.8) is 0 Å². The van der Waals surface area contributed by atoms with Crippen LogP contribution in [0.25, 0.3) is 0 Å². The van der Waals surface area contributed by atoms with Crippen LogP contribution in [0.5, 0.6) is 0 Å². The van der Waals surface area contributed by atoms with Crippen molar-refractivity contribution in [2.24, 2.45) is 5.73 Å². The van der Waals surface area contributed by atoms with Crippen molar-refractivity contribution in [2.75, 3.05) is 18.9 Å². The summed E-state index contributed by atoms with van der Waals surface area (Å²) in [7, 11) is 1.83. The zero-order valence-electron chi connectivity index (χ0n) is 7.81. The number of hydrogen-bond donors (Lipinski definition) is 2. The maximum Gasteiger partial charge on any atom is 0.123 e. The number of benzene rings is 1. The summed E-state index contributed by atoms with van der Waals surface area (Å²) in [5, 5.41) is 3.02. The lowest BCUT2D eigenvalue weighted by atomic mass is 10.1. The highest BCUT2D eigenvalue weighted by molar-refractivity contribution is 5.50. The maximum atomic E-state index is 12.9. The van der Waals surface area contributed by atoms with E-state index >= 15 is 0 Å². The second kappa shape index (κ2) is 4.82. The molecule has 72 valence electrons. The molecular weight excluding hydrogens is 167 g/mol. The molecule has 0 fully saturated rings. The molecule has 1 aromatic carbocycles. The van der Waals surface area contributed by atoms with Gasteiger partial charge in [-0.2, -0.15) is 0 Å². The van der Waals surface area contributed by atoms with Crippen LogP contribution >= 0.6 is 0 Å². The van der Waals surface area contributed by atoms with E-state index < -0.39 is 0 Å². The SMILES string of the molecule is CNc1ccc(F)cc1CCCN. The Morgan fingerprint density at radius 1 is 1.46 bits per heavy atom. The fourth-order valence-corrected chi connectivity index (χ4v) is 1.31. The number of anilines is 1. The molecule has 1 aromatic rings. The Labute approximate surface area is 77.9 Å². The predicted octanol–water partition coefficient (Wildman–Crippen LogP) is 1.76. The third-order valence-corrected chi connectivity index (χ3v) is 1.99. The van der Waals surface area contributed by atoms with Crippen LogP contribution in [0, 0.1) is 5.82 Å². The lowest BCUT2D eigenvalue weighted by molar-refractivity contribution is 0.625. The third kappa shape index (κ3) is 2.70. The summed E-state index contributed by atoms with van der Waals surface area (Å²) in [4.78, 5) is 0. The van der Waals surface area contributed by atoms with E-state index in [2.05, 4.69) is 5.32 Å². The standard InChI is InChI=1S/C10H15FN2/c1-13-10-5-4-9(11)7-8(10)3-2-6-12/h4-5,7,13H,2-3,6,12H2,1H3. The van der Waals surface area contributed by atoms with Crippen LogP contribution in [0.15, 0.2) is 18.2 Å². The molecule has 0 aromatic heterocycles. The van der Waals surface area contributed by atoms with Crippen molar-refractivity contribution >= 4 is 5.69 Å². The van der Waals surface area contributed by atoms with Crippen LogP contribution in [-0.2, 0) is 6.42 Å². The van der Waals surface area contributed by atoms with Gasteiger partial charge in [0, 0.05) is 12.7 Å². The summed E-state index contributed by atoms with van der Waals surface area (Å²) in [5.74, 6) is -0.189. The van der Waals surface area contributed by atoms with Crippen LogP contribution < -0.4 is 11.1 Å². The molecule has 0 bridgehead atoms. The summed E-state index contributed by atoms with van der Waals surface area (Å²) in [5.41, 5.74) is 7.37. The minimum atomic E-state index is -0.189. The first-order chi connectivity index (χ1) is 6.27. The minimum Gasteiger partial charge on any atom is -0.388 e. The largest absolute Gasteiger partial charge is 0.388 e. The summed E-state index contributed by atoms with van der Waals surface area (Å²) < 4.78 is 12.9. The molecule has 0 aliphatic carbocycles. The molecule has 0 unspecified atom stereocenters. The van der Waals surface area contributed by atoms with Gasteiger partial charge >= 0.3 is 0 Å². The molecule has 13 heavy (non-hydrogen) atoms. The van der Waals surface area contributed by atoms with E-state index in [1.54, 1.807) is 12.1 Å². The zero-order valence-corrected chi connectivity index (χ0v) is 7.81. The van der Waals surface area contributed by atoms with E-state index in [1.807, 2.05) is 7.05 Å². The molecule has 3 N–H and O–H groups in total. The van der Waals surface area contributed by atoms with Crippen LogP contribution in [0.3, 0.4) is 0 Å². The fourth-order valence-electron chi connectivity index (χ4n) is 1.31. The van der Waals surface area contributed by atoms with Crippen molar-refractivity contribution in [1.29, 1.82) is 0 Å². The van der Waals surface area contributed by atoms with Crippen LogP contribution in [0.2, 0.25) is 0 Å². The summed E-state index contributed by atoms with van der Waals surface area (Å²) in [6.45, 7) is 0.639. The predicted molar refractivity (Wildman–Crippen MR) is 53.3 cm³/mol. The molecule has 0 saturated carbocycles. The van der Waals surface area contributed by atoms with Gasteiger partial charge in [-0.05, 0) is 43.1 Å². The van der Waals surface area contributed by atoms with Gasteiger partial charge in [-0.25, -0.2) is 4.39 Å². The van der Waals surface area contributed by atoms with Gasteiger partial charge in [0.15, 0.2) is 0 Å². The van der Waals surface area contributed by atoms with Gasteiger partial charge in [-0.3, -0.25) is 0 Å². The first kappa shape index (κ1) is 9.99. The molecule has 0 saturated heterocycles. The molecule has 0 radical (unpaired) electrons. The smallest absolute Gasteiger partial charge is 0.123 e. The van der Waals surface area contributed by atoms with E-state index in [9.17, 15) is 4.39 Å². The normalized spacial score (nSPS) is 10.1. The minimum absolute atomic E-state index is 0.189. The average Bonchev–Trinajstić information content (AvgIpc) is 2.15. The molecule has 0 atom stereocenters. The lowest BCUT2D eigenvalue weighted by Gasteiger charge is -2.08. The molecule has 0 aliphatic rings. The summed E-state index contributed by atoms with van der Waals surface area (Å²) >= 11 is 0. The van der Waals surface area contributed by atoms with Crippen LogP contribution in [-0.4, -0.2) is 13.6 Å². The second-order valence-electron chi connectivity index (χ2n) is 2.94. The first-order valence-corrected chi connectivity index (χ1v) is 4.44. The van der Waals surface area contributed by atoms with E-state index in [0.717, 1.165) is 24.1 Å². The van der Waals surface area contributed by atoms with E-state index in [1.165, 1.54) is 6.07 Å². The first-order valence-electron chi connectivity index (χ1n) is 4.44. The van der Waals surface area contributed by atoms with Crippen LogP contribution in [0.1, 0.15) is 12.0 Å². The topological polar surface area (TPSA) is 38.0 Å². The van der Waals surface area contributed by atoms with E-state index in [0.29, 0.717) is 6.54 Å². The Balaban J connectivity index is 2.81. The number of halogens is 1. The van der Waals surface area contributed by atoms with Crippen LogP contribution in [0.4, 0.5) is 10.1 Å². The molecule has 3 heteroatoms. The number of aryl methyl sites for hydroxylation is 1. The molecule has 0 spiro atoms. The van der Waals surface area contributed by atoms with Crippen molar-refractivity contribution in [3.8, 4) is 0 Å². The van der Waals surface area contributed by atoms with Gasteiger partial charge in [0.1, 0.15) is 5.82 Å². The highest BCUT2D eigenvalue weighted by atomic mass is 19.1. The average molecular weight is 182 g/mol. The number of rotatable bonds is 4. The summed E-state index contributed by atoms with van der Waals surface area (Å²) in [6, 6.07) is 4.76. The molecule has 0 aliphatic heterocycles. The quantitative estimate of drug-likeness (QED) is 0.744. The Morgan fingerprint density at radius 3 is 2.85 bits per heavy atom. The molecule has 0 amide bonds. The Bertz CT molecular complexity index is 274. The van der Waals surface area contributed by atoms with Crippen molar-refractivity contribution in [3.05, 3.63) is 29.6 Å². The molecule has 1 rings (SSSR count). The van der Waals surface area contributed by atoms with Gasteiger partial charge in [0.25, 0.3) is 0 Å². The number of nitrogens with one attached hydrogen (secondary N) is 1. The highest BCUT2D eigenvalue weighted by Gasteiger charge is 2.01. The highest BCUT2D eigenvalue weighted by Crippen LogP contribution is 2.17. The molecule has 0 heterocycles. The van der Waals surface area contributed by atoms with Crippen molar-refractivity contribution in [1.82, 2.24) is 0 Å². The summed E-state index contributed by atoms with van der Waals surface area (Å²) in [6.07, 6.45) is 1.71. The number of hydrogen-bond acceptors (Lipinski definition) is 2. The van der Waals surface area contributed by atoms with Gasteiger partial charge < -0.3 is 11.1 Å². The lowest BCUT2D eigenvalue weighted by Crippen LogP contribution is -2.02. The van der Waals surface area contributed by atoms with Gasteiger partial charge in [0.05, 0.1) is 0 Å². The van der Waals surface area contributed by atoms with Gasteiger partial charge in [-0.15, -0.1) is 0 Å². The fraction of sp³-hybridized carbons (Fsp3) is 0.400. The zero-order chi connectivity index (χ0) is 9.68. The molecule has 2 nitrogen and oxygen atoms in total. The van der Waals surface area contributed by atoms with Gasteiger partial charge in [-0.1, -0.05) is 0 Å². The van der Waals surface area contributed by atoms with Crippen molar-refractivity contribution in [2.45, 2.75) is 12.8 Å². The monoisotopic (exact) mass is 182 g/mol. The number of nitrogens with two attached hydrogens (primary N) is 1.